The van der Waals surface area contributed by atoms with Gasteiger partial charge >= 0.3 is 0 Å². The Labute approximate surface area is 155 Å². The molecule has 3 heteroatoms. The lowest BCUT2D eigenvalue weighted by Crippen LogP contribution is -2.30. The van der Waals surface area contributed by atoms with Crippen LogP contribution in [0.15, 0.2) is 67.0 Å². The number of fused-ring (bicyclic) bond motifs is 1. The molecule has 1 heterocycles. The molecule has 0 bridgehead atoms. The Morgan fingerprint density at radius 2 is 1.77 bits per heavy atom. The van der Waals surface area contributed by atoms with Crippen molar-refractivity contribution < 1.29 is 4.74 Å². The lowest BCUT2D eigenvalue weighted by molar-refractivity contribution is 0.130. The number of benzene rings is 2. The van der Waals surface area contributed by atoms with Crippen molar-refractivity contribution in [2.24, 2.45) is 5.92 Å². The van der Waals surface area contributed by atoms with E-state index in [1.165, 1.54) is 23.8 Å². The monoisotopic (exact) mass is 346 g/mol. The average Bonchev–Trinajstić information content (AvgIpc) is 2.70. The summed E-state index contributed by atoms with van der Waals surface area (Å²) in [7, 11) is 0. The highest BCUT2D eigenvalue weighted by molar-refractivity contribution is 5.82. The first kappa shape index (κ1) is 17.0. The molecule has 0 atom stereocenters. The van der Waals surface area contributed by atoms with Crippen LogP contribution in [-0.4, -0.2) is 17.6 Å². The molecule has 1 aliphatic carbocycles. The van der Waals surface area contributed by atoms with Gasteiger partial charge in [0, 0.05) is 24.3 Å². The summed E-state index contributed by atoms with van der Waals surface area (Å²) in [4.78, 5) is 4.16. The fourth-order valence-corrected chi connectivity index (χ4v) is 3.80. The molecular formula is C23H26N2O. The second kappa shape index (κ2) is 8.33. The van der Waals surface area contributed by atoms with E-state index in [2.05, 4.69) is 58.8 Å². The standard InChI is InChI=1S/C23H26N2O/c1-2-4-18(5-3-1)15-25-16-19-6-9-22(10-7-19)26-23-11-8-21-17-24-13-12-20(21)14-23/h1-5,8,11-14,17,19,22,25H,6-7,9-10,15-16H2/t19-,22+. The van der Waals surface area contributed by atoms with Gasteiger partial charge in [0.1, 0.15) is 5.75 Å². The van der Waals surface area contributed by atoms with Crippen LogP contribution in [0.4, 0.5) is 0 Å². The molecule has 3 nitrogen and oxygen atoms in total. The number of pyridine rings is 1. The highest BCUT2D eigenvalue weighted by atomic mass is 16.5. The first-order chi connectivity index (χ1) is 12.9. The van der Waals surface area contributed by atoms with Crippen molar-refractivity contribution in [2.75, 3.05) is 6.54 Å². The molecule has 1 fully saturated rings. The predicted octanol–water partition coefficient (Wildman–Crippen LogP) is 4.96. The number of rotatable bonds is 6. The third kappa shape index (κ3) is 4.41. The second-order valence-electron chi connectivity index (χ2n) is 7.26. The average molecular weight is 346 g/mol. The molecule has 0 amide bonds. The molecule has 2 aromatic carbocycles. The van der Waals surface area contributed by atoms with Crippen molar-refractivity contribution in [3.05, 3.63) is 72.6 Å². The van der Waals surface area contributed by atoms with Crippen LogP contribution in [0.2, 0.25) is 0 Å². The van der Waals surface area contributed by atoms with Crippen molar-refractivity contribution in [3.8, 4) is 5.75 Å². The zero-order valence-corrected chi connectivity index (χ0v) is 15.1. The zero-order valence-electron chi connectivity index (χ0n) is 15.1. The predicted molar refractivity (Wildman–Crippen MR) is 106 cm³/mol. The van der Waals surface area contributed by atoms with Gasteiger partial charge in [0.2, 0.25) is 0 Å². The highest BCUT2D eigenvalue weighted by Crippen LogP contribution is 2.28. The minimum atomic E-state index is 0.347. The summed E-state index contributed by atoms with van der Waals surface area (Å²) in [6, 6.07) is 19.0. The summed E-state index contributed by atoms with van der Waals surface area (Å²) in [5.74, 6) is 1.75. The van der Waals surface area contributed by atoms with Gasteiger partial charge in [-0.05, 0) is 73.4 Å². The normalized spacial score (nSPS) is 20.2. The number of hydrogen-bond donors (Lipinski definition) is 1. The molecule has 0 saturated heterocycles. The molecule has 0 aliphatic heterocycles. The topological polar surface area (TPSA) is 34.1 Å². The van der Waals surface area contributed by atoms with Crippen molar-refractivity contribution in [1.82, 2.24) is 10.3 Å². The maximum atomic E-state index is 6.24. The Bertz CT molecular complexity index is 826. The summed E-state index contributed by atoms with van der Waals surface area (Å²) < 4.78 is 6.24. The minimum absolute atomic E-state index is 0.347. The maximum Gasteiger partial charge on any atom is 0.120 e. The van der Waals surface area contributed by atoms with Crippen LogP contribution in [0.25, 0.3) is 10.8 Å². The summed E-state index contributed by atoms with van der Waals surface area (Å²) in [5, 5.41) is 5.96. The van der Waals surface area contributed by atoms with Gasteiger partial charge in [-0.15, -0.1) is 0 Å². The number of nitrogens with zero attached hydrogens (tertiary/aromatic N) is 1. The van der Waals surface area contributed by atoms with Gasteiger partial charge in [-0.25, -0.2) is 0 Å². The number of aromatic nitrogens is 1. The van der Waals surface area contributed by atoms with Gasteiger partial charge in [-0.2, -0.15) is 0 Å². The van der Waals surface area contributed by atoms with E-state index in [4.69, 9.17) is 4.74 Å². The molecule has 0 radical (unpaired) electrons. The third-order valence-electron chi connectivity index (χ3n) is 5.31. The number of ether oxygens (including phenoxy) is 1. The van der Waals surface area contributed by atoms with Gasteiger partial charge in [-0.3, -0.25) is 4.98 Å². The van der Waals surface area contributed by atoms with Crippen molar-refractivity contribution in [1.29, 1.82) is 0 Å². The molecule has 134 valence electrons. The Morgan fingerprint density at radius 1 is 0.923 bits per heavy atom. The summed E-state index contributed by atoms with van der Waals surface area (Å²) in [6.45, 7) is 2.06. The Kier molecular flexibility index (Phi) is 5.46. The summed E-state index contributed by atoms with van der Waals surface area (Å²) in [5.41, 5.74) is 1.36. The number of hydrogen-bond acceptors (Lipinski definition) is 3. The van der Waals surface area contributed by atoms with E-state index in [0.717, 1.165) is 43.0 Å². The van der Waals surface area contributed by atoms with Gasteiger partial charge in [0.05, 0.1) is 6.10 Å². The second-order valence-corrected chi connectivity index (χ2v) is 7.26. The lowest BCUT2D eigenvalue weighted by Gasteiger charge is -2.29. The van der Waals surface area contributed by atoms with Crippen LogP contribution >= 0.6 is 0 Å². The van der Waals surface area contributed by atoms with E-state index in [-0.39, 0.29) is 0 Å². The summed E-state index contributed by atoms with van der Waals surface area (Å²) >= 11 is 0. The Morgan fingerprint density at radius 3 is 2.62 bits per heavy atom. The van der Waals surface area contributed by atoms with Crippen LogP contribution < -0.4 is 10.1 Å². The maximum absolute atomic E-state index is 6.24. The first-order valence-electron chi connectivity index (χ1n) is 9.62. The van der Waals surface area contributed by atoms with E-state index < -0.39 is 0 Å². The van der Waals surface area contributed by atoms with Crippen molar-refractivity contribution in [2.45, 2.75) is 38.3 Å². The quantitative estimate of drug-likeness (QED) is 0.685. The van der Waals surface area contributed by atoms with E-state index in [1.807, 2.05) is 18.5 Å². The molecule has 1 N–H and O–H groups in total. The van der Waals surface area contributed by atoms with E-state index in [1.54, 1.807) is 0 Å². The van der Waals surface area contributed by atoms with Crippen LogP contribution in [0, 0.1) is 5.92 Å². The van der Waals surface area contributed by atoms with Crippen molar-refractivity contribution in [3.63, 3.8) is 0 Å². The SMILES string of the molecule is c1ccc(CNC[C@H]2CC[C@@H](Oc3ccc4cnccc4c3)CC2)cc1. The van der Waals surface area contributed by atoms with Crippen LogP contribution in [0.1, 0.15) is 31.2 Å². The highest BCUT2D eigenvalue weighted by Gasteiger charge is 2.22. The van der Waals surface area contributed by atoms with Crippen LogP contribution in [0.5, 0.6) is 5.75 Å². The third-order valence-corrected chi connectivity index (χ3v) is 5.31. The molecule has 3 aromatic rings. The molecule has 26 heavy (non-hydrogen) atoms. The Balaban J connectivity index is 1.23. The minimum Gasteiger partial charge on any atom is -0.490 e. The molecule has 4 rings (SSSR count). The van der Waals surface area contributed by atoms with E-state index >= 15 is 0 Å². The van der Waals surface area contributed by atoms with Crippen molar-refractivity contribution >= 4 is 10.8 Å². The Hall–Kier alpha value is -2.39. The van der Waals surface area contributed by atoms with E-state index in [0.29, 0.717) is 6.10 Å². The molecule has 1 aliphatic rings. The largest absolute Gasteiger partial charge is 0.490 e. The fourth-order valence-electron chi connectivity index (χ4n) is 3.80. The zero-order chi connectivity index (χ0) is 17.6. The molecule has 0 spiro atoms. The van der Waals surface area contributed by atoms with Gasteiger partial charge in [0.15, 0.2) is 0 Å². The summed E-state index contributed by atoms with van der Waals surface area (Å²) in [6.07, 6.45) is 8.85. The van der Waals surface area contributed by atoms with E-state index in [9.17, 15) is 0 Å². The number of nitrogens with one attached hydrogen (secondary N) is 1. The van der Waals surface area contributed by atoms with Crippen LogP contribution in [-0.2, 0) is 6.54 Å². The molecule has 1 aromatic heterocycles. The smallest absolute Gasteiger partial charge is 0.120 e. The lowest BCUT2D eigenvalue weighted by atomic mass is 9.87. The van der Waals surface area contributed by atoms with Crippen LogP contribution in [0.3, 0.4) is 0 Å². The first-order valence-corrected chi connectivity index (χ1v) is 9.62. The molecular weight excluding hydrogens is 320 g/mol. The fraction of sp³-hybridized carbons (Fsp3) is 0.348. The molecule has 0 unspecified atom stereocenters. The van der Waals surface area contributed by atoms with Gasteiger partial charge in [0.25, 0.3) is 0 Å². The van der Waals surface area contributed by atoms with Gasteiger partial charge in [-0.1, -0.05) is 30.3 Å². The molecule has 1 saturated carbocycles. The van der Waals surface area contributed by atoms with Gasteiger partial charge < -0.3 is 10.1 Å².